The third kappa shape index (κ3) is 3.26. The van der Waals surface area contributed by atoms with Crippen LogP contribution < -0.4 is 11.2 Å². The molecule has 0 unspecified atom stereocenters. The van der Waals surface area contributed by atoms with E-state index in [-0.39, 0.29) is 11.7 Å². The Morgan fingerprint density at radius 3 is 2.88 bits per heavy atom. The summed E-state index contributed by atoms with van der Waals surface area (Å²) in [6.07, 6.45) is -2.57. The molecule has 2 aromatic rings. The minimum Gasteiger partial charge on any atom is -0.387 e. The molecular formula is C14H20N6O5. The normalized spacial score (nSPS) is 26.4. The first-order valence-corrected chi connectivity index (χ1v) is 7.76. The molecule has 0 saturated carbocycles. The van der Waals surface area contributed by atoms with Crippen molar-refractivity contribution in [1.82, 2.24) is 25.0 Å². The number of carbonyl (C=O) groups excluding carboxylic acids is 1. The molecule has 11 heteroatoms. The van der Waals surface area contributed by atoms with Crippen molar-refractivity contribution in [3.05, 3.63) is 12.7 Å². The number of nitrogen functional groups attached to an aromatic ring is 1. The maximum atomic E-state index is 12.1. The van der Waals surface area contributed by atoms with Gasteiger partial charge in [-0.15, -0.1) is 0 Å². The highest BCUT2D eigenvalue weighted by molar-refractivity contribution is 5.82. The molecule has 0 aliphatic carbocycles. The molecule has 0 bridgehead atoms. The standard InChI is InChI=1S/C14H20N6O5/c1-6(2)3-24-19-13(23)10-8(21)9(22)14(25-10)20-5-18-7-11(15)16-4-17-12(7)20/h4-6,8-10,14,21-22H,3H2,1-2H3,(H,19,23)(H2,15,16,17)/t8-,9+,10-,14+/m0/s1. The number of nitrogens with zero attached hydrogens (tertiary/aromatic N) is 4. The molecular weight excluding hydrogens is 332 g/mol. The zero-order valence-electron chi connectivity index (χ0n) is 13.7. The first-order chi connectivity index (χ1) is 11.9. The number of hydroxylamine groups is 1. The number of amides is 1. The molecule has 0 aromatic carbocycles. The van der Waals surface area contributed by atoms with Gasteiger partial charge < -0.3 is 20.7 Å². The number of fused-ring (bicyclic) bond motifs is 1. The Hall–Kier alpha value is -2.34. The van der Waals surface area contributed by atoms with Crippen molar-refractivity contribution in [2.75, 3.05) is 12.3 Å². The molecule has 4 atom stereocenters. The van der Waals surface area contributed by atoms with E-state index >= 15 is 0 Å². The van der Waals surface area contributed by atoms with Crippen LogP contribution >= 0.6 is 0 Å². The Bertz CT molecular complexity index is 765. The van der Waals surface area contributed by atoms with E-state index in [4.69, 9.17) is 15.3 Å². The Kier molecular flexibility index (Phi) is 4.81. The lowest BCUT2D eigenvalue weighted by molar-refractivity contribution is -0.151. The van der Waals surface area contributed by atoms with Crippen molar-refractivity contribution in [3.63, 3.8) is 0 Å². The first-order valence-electron chi connectivity index (χ1n) is 7.76. The molecule has 5 N–H and O–H groups in total. The first kappa shape index (κ1) is 17.5. The smallest absolute Gasteiger partial charge is 0.275 e. The molecule has 1 aliphatic heterocycles. The summed E-state index contributed by atoms with van der Waals surface area (Å²) in [6, 6.07) is 0. The highest BCUT2D eigenvalue weighted by Gasteiger charge is 2.48. The maximum absolute atomic E-state index is 12.1. The molecule has 3 heterocycles. The van der Waals surface area contributed by atoms with Gasteiger partial charge in [-0.1, -0.05) is 13.8 Å². The van der Waals surface area contributed by atoms with Crippen molar-refractivity contribution in [1.29, 1.82) is 0 Å². The number of aliphatic hydroxyl groups excluding tert-OH is 2. The molecule has 0 spiro atoms. The minimum absolute atomic E-state index is 0.174. The number of ether oxygens (including phenoxy) is 1. The third-order valence-corrected chi connectivity index (χ3v) is 3.75. The van der Waals surface area contributed by atoms with Crippen LogP contribution in [0.4, 0.5) is 5.82 Å². The fourth-order valence-electron chi connectivity index (χ4n) is 2.50. The molecule has 2 aromatic heterocycles. The van der Waals surface area contributed by atoms with E-state index in [1.807, 2.05) is 13.8 Å². The summed E-state index contributed by atoms with van der Waals surface area (Å²) in [7, 11) is 0. The third-order valence-electron chi connectivity index (χ3n) is 3.75. The van der Waals surface area contributed by atoms with Gasteiger partial charge in [0.05, 0.1) is 12.9 Å². The monoisotopic (exact) mass is 352 g/mol. The second kappa shape index (κ2) is 6.88. The van der Waals surface area contributed by atoms with E-state index in [2.05, 4.69) is 20.4 Å². The van der Waals surface area contributed by atoms with E-state index in [1.165, 1.54) is 17.2 Å². The zero-order chi connectivity index (χ0) is 18.1. The number of imidazole rings is 1. The molecule has 1 aliphatic rings. The van der Waals surface area contributed by atoms with E-state index in [1.54, 1.807) is 0 Å². The van der Waals surface area contributed by atoms with Crippen molar-refractivity contribution in [2.45, 2.75) is 38.4 Å². The van der Waals surface area contributed by atoms with Gasteiger partial charge in [0.15, 0.2) is 23.8 Å². The van der Waals surface area contributed by atoms with Crippen molar-refractivity contribution in [3.8, 4) is 0 Å². The maximum Gasteiger partial charge on any atom is 0.275 e. The van der Waals surface area contributed by atoms with Gasteiger partial charge in [-0.3, -0.25) is 14.2 Å². The SMILES string of the molecule is CC(C)CONC(=O)[C@H]1O[C@@H](n2cnc3c(N)ncnc32)[C@H](O)[C@@H]1O. The number of nitrogens with one attached hydrogen (secondary N) is 1. The molecule has 0 radical (unpaired) electrons. The number of aromatic nitrogens is 4. The Balaban J connectivity index is 1.77. The Morgan fingerprint density at radius 2 is 2.16 bits per heavy atom. The second-order valence-electron chi connectivity index (χ2n) is 6.18. The average molecular weight is 352 g/mol. The number of rotatable bonds is 5. The van der Waals surface area contributed by atoms with Crippen LogP contribution in [-0.2, 0) is 14.4 Å². The highest BCUT2D eigenvalue weighted by atomic mass is 16.7. The van der Waals surface area contributed by atoms with Gasteiger partial charge in [0.2, 0.25) is 0 Å². The van der Waals surface area contributed by atoms with Crippen LogP contribution in [-0.4, -0.2) is 60.6 Å². The number of nitrogens with two attached hydrogens (primary N) is 1. The van der Waals surface area contributed by atoms with Crippen molar-refractivity contribution in [2.24, 2.45) is 5.92 Å². The molecule has 136 valence electrons. The number of carbonyl (C=O) groups is 1. The van der Waals surface area contributed by atoms with E-state index in [9.17, 15) is 15.0 Å². The lowest BCUT2D eigenvalue weighted by atomic mass is 10.1. The van der Waals surface area contributed by atoms with E-state index < -0.39 is 30.4 Å². The fourth-order valence-corrected chi connectivity index (χ4v) is 2.50. The molecule has 1 saturated heterocycles. The summed E-state index contributed by atoms with van der Waals surface area (Å²) in [5.74, 6) is -0.295. The predicted molar refractivity (Wildman–Crippen MR) is 84.6 cm³/mol. The van der Waals surface area contributed by atoms with Gasteiger partial charge >= 0.3 is 0 Å². The lowest BCUT2D eigenvalue weighted by Gasteiger charge is -2.16. The van der Waals surface area contributed by atoms with Crippen LogP contribution in [0.15, 0.2) is 12.7 Å². The summed E-state index contributed by atoms with van der Waals surface area (Å²) >= 11 is 0. The van der Waals surface area contributed by atoms with E-state index in [0.717, 1.165) is 0 Å². The van der Waals surface area contributed by atoms with Gasteiger partial charge in [0.25, 0.3) is 5.91 Å². The van der Waals surface area contributed by atoms with Gasteiger partial charge in [-0.25, -0.2) is 20.4 Å². The van der Waals surface area contributed by atoms with Crippen LogP contribution in [0.1, 0.15) is 20.1 Å². The van der Waals surface area contributed by atoms with Crippen LogP contribution in [0.2, 0.25) is 0 Å². The van der Waals surface area contributed by atoms with Crippen LogP contribution in [0.5, 0.6) is 0 Å². The van der Waals surface area contributed by atoms with Crippen molar-refractivity contribution >= 4 is 22.9 Å². The molecule has 1 amide bonds. The number of anilines is 1. The van der Waals surface area contributed by atoms with Crippen LogP contribution in [0.25, 0.3) is 11.2 Å². The van der Waals surface area contributed by atoms with Crippen LogP contribution in [0.3, 0.4) is 0 Å². The summed E-state index contributed by atoms with van der Waals surface area (Å²) in [5.41, 5.74) is 8.59. The second-order valence-corrected chi connectivity index (χ2v) is 6.18. The molecule has 25 heavy (non-hydrogen) atoms. The molecule has 11 nitrogen and oxygen atoms in total. The Morgan fingerprint density at radius 1 is 1.40 bits per heavy atom. The number of aliphatic hydroxyl groups is 2. The molecule has 3 rings (SSSR count). The van der Waals surface area contributed by atoms with Crippen molar-refractivity contribution < 1.29 is 24.6 Å². The summed E-state index contributed by atoms with van der Waals surface area (Å²) in [4.78, 5) is 29.1. The fraction of sp³-hybridized carbons (Fsp3) is 0.571. The van der Waals surface area contributed by atoms with Gasteiger partial charge in [0.1, 0.15) is 24.1 Å². The van der Waals surface area contributed by atoms with Gasteiger partial charge in [-0.2, -0.15) is 0 Å². The average Bonchev–Trinajstić information content (AvgIpc) is 3.10. The predicted octanol–water partition coefficient (Wildman–Crippen LogP) is -1.27. The summed E-state index contributed by atoms with van der Waals surface area (Å²) < 4.78 is 6.92. The van der Waals surface area contributed by atoms with Gasteiger partial charge in [0, 0.05) is 0 Å². The number of hydrogen-bond donors (Lipinski definition) is 4. The lowest BCUT2D eigenvalue weighted by Crippen LogP contribution is -2.43. The zero-order valence-corrected chi connectivity index (χ0v) is 13.7. The van der Waals surface area contributed by atoms with E-state index in [0.29, 0.717) is 17.8 Å². The number of hydrogen-bond acceptors (Lipinski definition) is 9. The van der Waals surface area contributed by atoms with Crippen LogP contribution in [0, 0.1) is 5.92 Å². The quantitative estimate of drug-likeness (QED) is 0.481. The topological polar surface area (TPSA) is 158 Å². The molecule has 1 fully saturated rings. The van der Waals surface area contributed by atoms with Gasteiger partial charge in [-0.05, 0) is 5.92 Å². The Labute approximate surface area is 142 Å². The minimum atomic E-state index is -1.44. The summed E-state index contributed by atoms with van der Waals surface area (Å²) in [6.45, 7) is 4.15. The largest absolute Gasteiger partial charge is 0.387 e. The highest BCUT2D eigenvalue weighted by Crippen LogP contribution is 2.32. The summed E-state index contributed by atoms with van der Waals surface area (Å²) in [5, 5.41) is 20.4.